The summed E-state index contributed by atoms with van der Waals surface area (Å²) in [5.41, 5.74) is 6.58. The summed E-state index contributed by atoms with van der Waals surface area (Å²) < 4.78 is 64.3. The number of aryl methyl sites for hydroxylation is 1. The summed E-state index contributed by atoms with van der Waals surface area (Å²) in [6.45, 7) is 11.3. The van der Waals surface area contributed by atoms with Gasteiger partial charge in [-0.15, -0.1) is 4.33 Å². The summed E-state index contributed by atoms with van der Waals surface area (Å²) in [5.74, 6) is -1.14. The number of methoxy groups -OCH3 is 1. The maximum atomic E-state index is 13.5. The average Bonchev–Trinajstić information content (AvgIpc) is 3.24. The van der Waals surface area contributed by atoms with E-state index in [-0.39, 0.29) is 35.6 Å². The number of fused-ring (bicyclic) bond motifs is 1. The summed E-state index contributed by atoms with van der Waals surface area (Å²) in [5, 5.41) is 21.7. The molecular formula is C40H66N2O18S. The van der Waals surface area contributed by atoms with Crippen molar-refractivity contribution >= 4 is 40.6 Å². The molecule has 1 aromatic carbocycles. The second-order valence-electron chi connectivity index (χ2n) is 13.2. The van der Waals surface area contributed by atoms with Gasteiger partial charge in [-0.05, 0) is 37.8 Å². The van der Waals surface area contributed by atoms with Crippen LogP contribution < -0.4 is 11.4 Å². The molecule has 0 aliphatic heterocycles. The van der Waals surface area contributed by atoms with E-state index in [2.05, 4.69) is 9.37 Å². The Labute approximate surface area is 361 Å². The van der Waals surface area contributed by atoms with Gasteiger partial charge in [0.15, 0.2) is 0 Å². The minimum absolute atomic E-state index is 0.0559. The molecule has 1 aromatic heterocycles. The van der Waals surface area contributed by atoms with Gasteiger partial charge in [0.2, 0.25) is 5.91 Å². The number of anilines is 1. The van der Waals surface area contributed by atoms with E-state index in [1.165, 1.54) is 6.07 Å². The van der Waals surface area contributed by atoms with E-state index in [9.17, 15) is 14.4 Å². The molecule has 0 radical (unpaired) electrons. The molecule has 0 saturated carbocycles. The lowest BCUT2D eigenvalue weighted by Crippen LogP contribution is -2.36. The van der Waals surface area contributed by atoms with Crippen molar-refractivity contribution in [1.29, 1.82) is 0 Å². The van der Waals surface area contributed by atoms with Gasteiger partial charge < -0.3 is 67.5 Å². The Balaban J connectivity index is 1.52. The van der Waals surface area contributed by atoms with Crippen LogP contribution in [0.15, 0.2) is 26.2 Å². The van der Waals surface area contributed by atoms with Crippen LogP contribution in [0.3, 0.4) is 0 Å². The third-order valence-corrected chi connectivity index (χ3v) is 9.36. The van der Waals surface area contributed by atoms with Crippen LogP contribution in [0.1, 0.15) is 43.2 Å². The number of carboxylic acid groups (broad SMARTS) is 1. The van der Waals surface area contributed by atoms with Crippen LogP contribution in [0.5, 0.6) is 0 Å². The fourth-order valence-corrected chi connectivity index (χ4v) is 5.92. The topological polar surface area (TPSA) is 245 Å². The van der Waals surface area contributed by atoms with Crippen molar-refractivity contribution in [3.63, 3.8) is 0 Å². The van der Waals surface area contributed by atoms with E-state index in [0.29, 0.717) is 192 Å². The van der Waals surface area contributed by atoms with Gasteiger partial charge in [0.05, 0.1) is 154 Å². The third-order valence-electron chi connectivity index (χ3n) is 8.70. The number of nitrogen functional groups attached to an aromatic ring is 1. The molecule has 0 unspecified atom stereocenters. The van der Waals surface area contributed by atoms with E-state index in [4.69, 9.17) is 67.9 Å². The van der Waals surface area contributed by atoms with Crippen molar-refractivity contribution in [2.45, 2.75) is 50.3 Å². The molecule has 21 heteroatoms. The van der Waals surface area contributed by atoms with Gasteiger partial charge in [0, 0.05) is 44.7 Å². The predicted molar refractivity (Wildman–Crippen MR) is 223 cm³/mol. The Kier molecular flexibility index (Phi) is 32.4. The first-order chi connectivity index (χ1) is 29.8. The molecule has 4 N–H and O–H groups in total. The van der Waals surface area contributed by atoms with Gasteiger partial charge in [-0.1, -0.05) is 11.5 Å². The lowest BCUT2D eigenvalue weighted by atomic mass is 10.0. The molecule has 2 aromatic rings. The maximum absolute atomic E-state index is 13.5. The molecule has 0 spiro atoms. The number of rotatable bonds is 42. The second-order valence-corrected chi connectivity index (χ2v) is 14.0. The third kappa shape index (κ3) is 26.3. The number of amides is 1. The van der Waals surface area contributed by atoms with Crippen molar-refractivity contribution in [3.8, 4) is 0 Å². The number of nitrogens with two attached hydrogens (primary N) is 1. The van der Waals surface area contributed by atoms with Gasteiger partial charge in [-0.25, -0.2) is 10.1 Å². The van der Waals surface area contributed by atoms with E-state index in [0.717, 1.165) is 0 Å². The van der Waals surface area contributed by atoms with Crippen molar-refractivity contribution in [2.75, 3.05) is 151 Å². The zero-order chi connectivity index (χ0) is 44.2. The number of nitrogens with zero attached hydrogens (tertiary/aromatic N) is 1. The Hall–Kier alpha value is -3.00. The lowest BCUT2D eigenvalue weighted by Gasteiger charge is -2.23. The smallest absolute Gasteiger partial charge is 0.340 e. The number of hydrogen-bond acceptors (Lipinski definition) is 19. The van der Waals surface area contributed by atoms with Crippen LogP contribution in [-0.4, -0.2) is 173 Å². The number of hydrogen-bond donors (Lipinski definition) is 3. The summed E-state index contributed by atoms with van der Waals surface area (Å²) in [7, 11) is 1.63. The highest BCUT2D eigenvalue weighted by atomic mass is 32.2. The zero-order valence-electron chi connectivity index (χ0n) is 35.6. The minimum Gasteiger partial charge on any atom is -0.481 e. The molecule has 0 atom stereocenters. The SMILES string of the molecule is COCCOCCOCCOCCOCCOCCOCCOCCOCCOCCCN(CCCCCC(=O)O)C(=O)Cc1c(C)c2cc(SOOO)c(N)cc2oc1=O. The zero-order valence-corrected chi connectivity index (χ0v) is 36.4. The van der Waals surface area contributed by atoms with Crippen molar-refractivity contribution in [1.82, 2.24) is 4.90 Å². The van der Waals surface area contributed by atoms with Gasteiger partial charge in [-0.2, -0.15) is 0 Å². The highest BCUT2D eigenvalue weighted by Crippen LogP contribution is 2.32. The number of carbonyl (C=O) groups excluding carboxylic acids is 1. The average molecular weight is 895 g/mol. The lowest BCUT2D eigenvalue weighted by molar-refractivity contribution is -0.432. The number of ether oxygens (including phenoxy) is 10. The highest BCUT2D eigenvalue weighted by molar-refractivity contribution is 7.94. The summed E-state index contributed by atoms with van der Waals surface area (Å²) in [6.07, 6.45) is 2.14. The number of benzene rings is 1. The first-order valence-corrected chi connectivity index (χ1v) is 21.2. The molecule has 20 nitrogen and oxygen atoms in total. The molecule has 0 saturated heterocycles. The van der Waals surface area contributed by atoms with Crippen molar-refractivity contribution in [2.24, 2.45) is 0 Å². The maximum Gasteiger partial charge on any atom is 0.340 e. The molecule has 0 fully saturated rings. The summed E-state index contributed by atoms with van der Waals surface area (Å²) >= 11 is 0.672. The van der Waals surface area contributed by atoms with Crippen molar-refractivity contribution < 1.29 is 81.1 Å². The monoisotopic (exact) mass is 894 g/mol. The number of carboxylic acids is 1. The van der Waals surface area contributed by atoms with Crippen LogP contribution in [0.2, 0.25) is 0 Å². The predicted octanol–water partition coefficient (Wildman–Crippen LogP) is 3.31. The molecule has 61 heavy (non-hydrogen) atoms. The fraction of sp³-hybridized carbons (Fsp3) is 0.725. The second kappa shape index (κ2) is 36.5. The molecule has 0 aliphatic carbocycles. The summed E-state index contributed by atoms with van der Waals surface area (Å²) in [6, 6.07) is 3.08. The Bertz CT molecular complexity index is 1500. The van der Waals surface area contributed by atoms with E-state index in [1.54, 1.807) is 25.0 Å². The molecule has 2 rings (SSSR count). The van der Waals surface area contributed by atoms with E-state index >= 15 is 0 Å². The molecule has 0 aliphatic rings. The molecular weight excluding hydrogens is 829 g/mol. The van der Waals surface area contributed by atoms with Crippen LogP contribution in [0.4, 0.5) is 5.69 Å². The van der Waals surface area contributed by atoms with Gasteiger partial charge in [0.25, 0.3) is 0 Å². The van der Waals surface area contributed by atoms with Crippen LogP contribution in [0, 0.1) is 6.92 Å². The van der Waals surface area contributed by atoms with Gasteiger partial charge in [-0.3, -0.25) is 9.59 Å². The molecule has 350 valence electrons. The standard InChI is InChI=1S/C40H66N2O18S/c1-32-33-29-37(61-60-59-47)35(41)31-36(33)58-40(46)34(32)30-38(43)42(8-5-3-4-7-39(44)45)9-6-10-49-13-14-51-17-18-53-21-22-55-25-26-57-28-27-56-24-23-54-20-19-52-16-15-50-12-11-48-2/h29,31,47H,3-28,30,41H2,1-2H3,(H,44,45). The first kappa shape index (κ1) is 54.1. The number of carbonyl (C=O) groups is 2. The molecule has 1 amide bonds. The van der Waals surface area contributed by atoms with Crippen LogP contribution in [-0.2, 0) is 72.8 Å². The van der Waals surface area contributed by atoms with Gasteiger partial charge >= 0.3 is 11.6 Å². The Morgan fingerprint density at radius 2 is 1.13 bits per heavy atom. The van der Waals surface area contributed by atoms with Crippen LogP contribution in [0.25, 0.3) is 11.0 Å². The number of unbranched alkanes of at least 4 members (excludes halogenated alkanes) is 2. The van der Waals surface area contributed by atoms with E-state index < -0.39 is 11.6 Å². The quantitative estimate of drug-likeness (QED) is 0.0216. The van der Waals surface area contributed by atoms with Gasteiger partial charge in [0.1, 0.15) is 5.58 Å². The Morgan fingerprint density at radius 1 is 0.672 bits per heavy atom. The van der Waals surface area contributed by atoms with Crippen LogP contribution >= 0.6 is 12.0 Å². The minimum atomic E-state index is -0.866. The summed E-state index contributed by atoms with van der Waals surface area (Å²) in [4.78, 5) is 39.5. The number of aliphatic carboxylic acids is 1. The molecule has 0 bridgehead atoms. The highest BCUT2D eigenvalue weighted by Gasteiger charge is 2.20. The van der Waals surface area contributed by atoms with E-state index in [1.807, 2.05) is 0 Å². The Morgan fingerprint density at radius 3 is 1.59 bits per heavy atom. The largest absolute Gasteiger partial charge is 0.481 e. The molecule has 1 heterocycles. The van der Waals surface area contributed by atoms with Crippen molar-refractivity contribution in [3.05, 3.63) is 33.7 Å². The normalized spacial score (nSPS) is 11.5. The first-order valence-electron chi connectivity index (χ1n) is 20.5. The fourth-order valence-electron chi connectivity index (χ4n) is 5.50.